The monoisotopic (exact) mass is 581 g/mol. The third-order valence-electron chi connectivity index (χ3n) is 8.28. The molecule has 0 saturated heterocycles. The van der Waals surface area contributed by atoms with Crippen molar-refractivity contribution >= 4 is 55.5 Å². The Morgan fingerprint density at radius 1 is 0.477 bits per heavy atom. The maximum absolute atomic E-state index is 5.23. The van der Waals surface area contributed by atoms with Crippen molar-refractivity contribution in [2.45, 2.75) is 0 Å². The smallest absolute Gasteiger partial charge is 0.145 e. The molecule has 9 rings (SSSR count). The highest BCUT2D eigenvalue weighted by atomic mass is 32.1. The fraction of sp³-hybridized carbons (Fsp3) is 0. The lowest BCUT2D eigenvalue weighted by molar-refractivity contribution is 1.10. The molecular weight excluding hydrogens is 559 g/mol. The summed E-state index contributed by atoms with van der Waals surface area (Å²) in [7, 11) is 0. The van der Waals surface area contributed by atoms with Crippen LogP contribution in [0, 0.1) is 0 Å². The highest BCUT2D eigenvalue weighted by Crippen LogP contribution is 2.38. The normalized spacial score (nSPS) is 11.6. The number of imidazole rings is 1. The third-order valence-corrected chi connectivity index (χ3v) is 8.82. The van der Waals surface area contributed by atoms with Gasteiger partial charge in [0.1, 0.15) is 16.9 Å². The summed E-state index contributed by atoms with van der Waals surface area (Å²) in [5.74, 6) is 0.920. The number of para-hydroxylation sites is 3. The van der Waals surface area contributed by atoms with E-state index in [0.29, 0.717) is 0 Å². The SMILES string of the molecule is c1ccc(-c2nc3cc(-c4ccc(-c5nc6ccccc6n5-c5ccccc5)cc4)ccc3c3c2ccc2nsnc23)cc1. The molecule has 3 aromatic heterocycles. The van der Waals surface area contributed by atoms with Crippen molar-refractivity contribution in [2.75, 3.05) is 0 Å². The maximum atomic E-state index is 5.23. The van der Waals surface area contributed by atoms with E-state index < -0.39 is 0 Å². The van der Waals surface area contributed by atoms with Crippen LogP contribution in [0.1, 0.15) is 0 Å². The molecule has 206 valence electrons. The Morgan fingerprint density at radius 3 is 2.02 bits per heavy atom. The van der Waals surface area contributed by atoms with E-state index in [9.17, 15) is 0 Å². The van der Waals surface area contributed by atoms with Crippen LogP contribution in [-0.4, -0.2) is 23.3 Å². The van der Waals surface area contributed by atoms with Crippen LogP contribution in [0.2, 0.25) is 0 Å². The van der Waals surface area contributed by atoms with Crippen LogP contribution in [0.4, 0.5) is 0 Å². The lowest BCUT2D eigenvalue weighted by Gasteiger charge is -2.12. The van der Waals surface area contributed by atoms with Crippen molar-refractivity contribution in [3.05, 3.63) is 140 Å². The van der Waals surface area contributed by atoms with Crippen molar-refractivity contribution in [1.82, 2.24) is 23.3 Å². The predicted octanol–water partition coefficient (Wildman–Crippen LogP) is 9.73. The van der Waals surface area contributed by atoms with Gasteiger partial charge in [-0.15, -0.1) is 0 Å². The number of pyridine rings is 1. The second kappa shape index (κ2) is 9.93. The summed E-state index contributed by atoms with van der Waals surface area (Å²) in [4.78, 5) is 10.3. The van der Waals surface area contributed by atoms with Gasteiger partial charge in [-0.2, -0.15) is 8.75 Å². The molecule has 0 aliphatic heterocycles. The summed E-state index contributed by atoms with van der Waals surface area (Å²) >= 11 is 1.25. The van der Waals surface area contributed by atoms with E-state index in [1.54, 1.807) is 0 Å². The Bertz CT molecular complexity index is 2480. The van der Waals surface area contributed by atoms with Gasteiger partial charge in [0.2, 0.25) is 0 Å². The number of aromatic nitrogens is 5. The van der Waals surface area contributed by atoms with E-state index in [1.807, 2.05) is 24.3 Å². The first-order valence-electron chi connectivity index (χ1n) is 14.5. The molecule has 5 nitrogen and oxygen atoms in total. The van der Waals surface area contributed by atoms with Gasteiger partial charge >= 0.3 is 0 Å². The van der Waals surface area contributed by atoms with E-state index in [-0.39, 0.29) is 0 Å². The van der Waals surface area contributed by atoms with E-state index in [4.69, 9.17) is 14.3 Å². The molecule has 6 heteroatoms. The van der Waals surface area contributed by atoms with Crippen molar-refractivity contribution in [3.8, 4) is 39.5 Å². The molecule has 0 radical (unpaired) electrons. The highest BCUT2D eigenvalue weighted by Gasteiger charge is 2.17. The van der Waals surface area contributed by atoms with Crippen LogP contribution in [-0.2, 0) is 0 Å². The highest BCUT2D eigenvalue weighted by molar-refractivity contribution is 7.00. The minimum absolute atomic E-state index is 0.912. The molecule has 0 unspecified atom stereocenters. The van der Waals surface area contributed by atoms with Crippen LogP contribution >= 0.6 is 11.7 Å². The zero-order valence-electron chi connectivity index (χ0n) is 23.4. The van der Waals surface area contributed by atoms with Crippen LogP contribution in [0.3, 0.4) is 0 Å². The average Bonchev–Trinajstić information content (AvgIpc) is 3.74. The second-order valence-corrected chi connectivity index (χ2v) is 11.4. The first-order chi connectivity index (χ1) is 21.8. The minimum Gasteiger partial charge on any atom is -0.292 e. The van der Waals surface area contributed by atoms with Gasteiger partial charge in [-0.1, -0.05) is 97.1 Å². The van der Waals surface area contributed by atoms with Crippen molar-refractivity contribution in [1.29, 1.82) is 0 Å². The van der Waals surface area contributed by atoms with Crippen LogP contribution < -0.4 is 0 Å². The topological polar surface area (TPSA) is 56.5 Å². The molecule has 0 spiro atoms. The van der Waals surface area contributed by atoms with E-state index in [0.717, 1.165) is 83.2 Å². The van der Waals surface area contributed by atoms with Crippen LogP contribution in [0.15, 0.2) is 140 Å². The zero-order chi connectivity index (χ0) is 29.0. The molecule has 0 amide bonds. The van der Waals surface area contributed by atoms with Crippen LogP contribution in [0.25, 0.3) is 83.2 Å². The number of hydrogen-bond acceptors (Lipinski definition) is 5. The maximum Gasteiger partial charge on any atom is 0.145 e. The standard InChI is InChI=1S/C38H23N5S/c1-3-9-25(10-4-1)36-30-21-22-32-37(42-44-41-32)35(30)29-20-19-27(23-33(29)39-36)24-15-17-26(18-16-24)38-40-31-13-7-8-14-34(31)43(38)28-11-5-2-6-12-28/h1-23H. The van der Waals surface area contributed by atoms with Gasteiger partial charge in [0.25, 0.3) is 0 Å². The molecule has 3 heterocycles. The molecule has 0 aliphatic rings. The van der Waals surface area contributed by atoms with Crippen LogP contribution in [0.5, 0.6) is 0 Å². The average molecular weight is 582 g/mol. The van der Waals surface area contributed by atoms with Gasteiger partial charge in [0.15, 0.2) is 0 Å². The van der Waals surface area contributed by atoms with Gasteiger partial charge in [0.05, 0.1) is 34.0 Å². The Morgan fingerprint density at radius 2 is 1.18 bits per heavy atom. The van der Waals surface area contributed by atoms with Crippen molar-refractivity contribution < 1.29 is 0 Å². The quantitative estimate of drug-likeness (QED) is 0.194. The largest absolute Gasteiger partial charge is 0.292 e. The predicted molar refractivity (Wildman–Crippen MR) is 181 cm³/mol. The number of rotatable bonds is 4. The Kier molecular flexibility index (Phi) is 5.61. The first-order valence-corrected chi connectivity index (χ1v) is 15.2. The fourth-order valence-electron chi connectivity index (χ4n) is 6.20. The summed E-state index contributed by atoms with van der Waals surface area (Å²) in [6.45, 7) is 0. The Hall–Kier alpha value is -5.72. The second-order valence-electron chi connectivity index (χ2n) is 10.9. The van der Waals surface area contributed by atoms with E-state index >= 15 is 0 Å². The summed E-state index contributed by atoms with van der Waals surface area (Å²) in [6.07, 6.45) is 0. The number of benzene rings is 6. The summed E-state index contributed by atoms with van der Waals surface area (Å²) in [6, 6.07) is 48.5. The summed E-state index contributed by atoms with van der Waals surface area (Å²) in [5, 5.41) is 3.26. The molecule has 0 fully saturated rings. The summed E-state index contributed by atoms with van der Waals surface area (Å²) < 4.78 is 11.4. The number of nitrogens with zero attached hydrogens (tertiary/aromatic N) is 5. The fourth-order valence-corrected chi connectivity index (χ4v) is 6.75. The molecule has 0 atom stereocenters. The van der Waals surface area contributed by atoms with Gasteiger partial charge in [-0.25, -0.2) is 9.97 Å². The minimum atomic E-state index is 0.912. The molecule has 0 aliphatic carbocycles. The van der Waals surface area contributed by atoms with Gasteiger partial charge in [-0.3, -0.25) is 4.57 Å². The molecule has 44 heavy (non-hydrogen) atoms. The first kappa shape index (κ1) is 24.8. The van der Waals surface area contributed by atoms with Gasteiger partial charge < -0.3 is 0 Å². The lowest BCUT2D eigenvalue weighted by Crippen LogP contribution is -1.97. The molecular formula is C38H23N5S. The number of fused-ring (bicyclic) bond motifs is 6. The molecule has 0 N–H and O–H groups in total. The van der Waals surface area contributed by atoms with E-state index in [1.165, 1.54) is 11.7 Å². The zero-order valence-corrected chi connectivity index (χ0v) is 24.2. The lowest BCUT2D eigenvalue weighted by atomic mass is 9.96. The molecule has 6 aromatic carbocycles. The molecule has 0 saturated carbocycles. The Labute approximate surface area is 257 Å². The Balaban J connectivity index is 1.19. The summed E-state index contributed by atoms with van der Waals surface area (Å²) in [5.41, 5.74) is 11.2. The number of hydrogen-bond donors (Lipinski definition) is 0. The van der Waals surface area contributed by atoms with Crippen molar-refractivity contribution in [2.24, 2.45) is 0 Å². The van der Waals surface area contributed by atoms with Crippen molar-refractivity contribution in [3.63, 3.8) is 0 Å². The van der Waals surface area contributed by atoms with Gasteiger partial charge in [0, 0.05) is 33.0 Å². The van der Waals surface area contributed by atoms with Gasteiger partial charge in [-0.05, 0) is 53.6 Å². The molecule has 0 bridgehead atoms. The van der Waals surface area contributed by atoms with E-state index in [2.05, 4.69) is 124 Å². The molecule has 9 aromatic rings. The third kappa shape index (κ3) is 3.92.